The number of ether oxygens (including phenoxy) is 1. The lowest BCUT2D eigenvalue weighted by molar-refractivity contribution is -0.143. The van der Waals surface area contributed by atoms with E-state index in [0.29, 0.717) is 5.75 Å². The number of hydrogen-bond donors (Lipinski definition) is 0. The molecule has 94 valence electrons. The van der Waals surface area contributed by atoms with E-state index >= 15 is 0 Å². The smallest absolute Gasteiger partial charge is 0.332 e. The molecule has 0 saturated carbocycles. The van der Waals surface area contributed by atoms with E-state index in [1.165, 1.54) is 11.8 Å². The van der Waals surface area contributed by atoms with E-state index in [0.717, 1.165) is 14.4 Å². The van der Waals surface area contributed by atoms with Crippen molar-refractivity contribution in [3.05, 3.63) is 40.2 Å². The maximum atomic E-state index is 11.6. The second-order valence-electron chi connectivity index (χ2n) is 3.53. The monoisotopic (exact) mass is 374 g/mol. The Kier molecular flexibility index (Phi) is 4.76. The van der Waals surface area contributed by atoms with E-state index in [2.05, 4.69) is 39.1 Å². The van der Waals surface area contributed by atoms with Crippen LogP contribution in [-0.4, -0.2) is 34.4 Å². The molecule has 1 aliphatic rings. The predicted molar refractivity (Wildman–Crippen MR) is 80.9 cm³/mol. The summed E-state index contributed by atoms with van der Waals surface area (Å²) in [7, 11) is 0. The first-order valence-electron chi connectivity index (χ1n) is 5.32. The minimum absolute atomic E-state index is 0.229. The number of thioether (sulfide) groups is 1. The minimum Gasteiger partial charge on any atom is -0.460 e. The highest BCUT2D eigenvalue weighted by Gasteiger charge is 2.27. The van der Waals surface area contributed by atoms with Crippen molar-refractivity contribution < 1.29 is 9.53 Å². The van der Waals surface area contributed by atoms with Crippen LogP contribution in [0, 0.1) is 3.70 Å². The molecule has 0 aromatic carbocycles. The maximum absolute atomic E-state index is 11.6. The average Bonchev–Trinajstić information content (AvgIpc) is 2.85. The lowest BCUT2D eigenvalue weighted by Gasteiger charge is -2.04. The normalized spacial score (nSPS) is 18.3. The van der Waals surface area contributed by atoms with Crippen LogP contribution in [-0.2, 0) is 9.53 Å². The summed E-state index contributed by atoms with van der Waals surface area (Å²) >= 11 is 3.68. The number of carbonyl (C=O) groups excluding carboxylic acids is 1. The van der Waals surface area contributed by atoms with Crippen molar-refractivity contribution >= 4 is 45.4 Å². The van der Waals surface area contributed by atoms with Gasteiger partial charge in [-0.05, 0) is 34.7 Å². The van der Waals surface area contributed by atoms with E-state index in [4.69, 9.17) is 4.74 Å². The molecule has 1 aromatic rings. The second-order valence-corrected chi connectivity index (χ2v) is 5.64. The van der Waals surface area contributed by atoms with Gasteiger partial charge < -0.3 is 4.74 Å². The zero-order valence-corrected chi connectivity index (χ0v) is 12.5. The Hall–Kier alpha value is -0.890. The van der Waals surface area contributed by atoms with Crippen LogP contribution in [0.3, 0.4) is 0 Å². The van der Waals surface area contributed by atoms with Crippen molar-refractivity contribution in [1.82, 2.24) is 4.98 Å². The van der Waals surface area contributed by atoms with Crippen LogP contribution in [0.15, 0.2) is 35.8 Å². The fourth-order valence-corrected chi connectivity index (χ4v) is 2.86. The number of hydrogen-bond acceptors (Lipinski definition) is 5. The Balaban J connectivity index is 2.08. The number of aliphatic imine (C=N–C) groups is 1. The van der Waals surface area contributed by atoms with Gasteiger partial charge in [-0.1, -0.05) is 18.7 Å². The van der Waals surface area contributed by atoms with Crippen molar-refractivity contribution in [2.75, 3.05) is 12.4 Å². The number of nitrogens with zero attached hydrogens (tertiary/aromatic N) is 2. The highest BCUT2D eigenvalue weighted by molar-refractivity contribution is 14.1. The van der Waals surface area contributed by atoms with Crippen LogP contribution in [0.4, 0.5) is 0 Å². The molecule has 0 aliphatic carbocycles. The fourth-order valence-electron chi connectivity index (χ4n) is 1.40. The summed E-state index contributed by atoms with van der Waals surface area (Å²) in [6.45, 7) is 3.73. The Morgan fingerprint density at radius 1 is 1.67 bits per heavy atom. The van der Waals surface area contributed by atoms with Crippen LogP contribution in [0.5, 0.6) is 0 Å². The molecule has 0 spiro atoms. The predicted octanol–water partition coefficient (Wildman–Crippen LogP) is 2.28. The van der Waals surface area contributed by atoms with Crippen molar-refractivity contribution in [1.29, 1.82) is 0 Å². The number of esters is 1. The molecule has 0 fully saturated rings. The van der Waals surface area contributed by atoms with Gasteiger partial charge >= 0.3 is 5.97 Å². The zero-order chi connectivity index (χ0) is 13.0. The molecule has 0 radical (unpaired) electrons. The fraction of sp³-hybridized carbons (Fsp3) is 0.250. The van der Waals surface area contributed by atoms with Gasteiger partial charge in [0.05, 0.1) is 5.69 Å². The number of rotatable bonds is 4. The van der Waals surface area contributed by atoms with Gasteiger partial charge in [-0.25, -0.2) is 9.78 Å². The Morgan fingerprint density at radius 3 is 3.22 bits per heavy atom. The van der Waals surface area contributed by atoms with Gasteiger partial charge in [0.2, 0.25) is 0 Å². The first kappa shape index (κ1) is 13.5. The summed E-state index contributed by atoms with van der Waals surface area (Å²) in [6.07, 6.45) is 1.55. The minimum atomic E-state index is -0.426. The summed E-state index contributed by atoms with van der Waals surface area (Å²) < 4.78 is 5.89. The first-order chi connectivity index (χ1) is 8.70. The molecule has 0 bridgehead atoms. The van der Waals surface area contributed by atoms with Crippen molar-refractivity contribution in [2.45, 2.75) is 6.04 Å². The molecule has 1 atom stereocenters. The van der Waals surface area contributed by atoms with Crippen LogP contribution < -0.4 is 0 Å². The van der Waals surface area contributed by atoms with Gasteiger partial charge in [-0.3, -0.25) is 4.99 Å². The Labute approximate surface area is 123 Å². The number of pyridine rings is 1. The van der Waals surface area contributed by atoms with Crippen LogP contribution in [0.25, 0.3) is 0 Å². The van der Waals surface area contributed by atoms with Gasteiger partial charge in [0.25, 0.3) is 0 Å². The SMILES string of the molecule is C=CCOC(=O)[C@@H]1CSC(c2cccc(I)n2)=N1. The number of halogens is 1. The molecule has 1 aromatic heterocycles. The molecular formula is C12H11IN2O2S. The molecule has 2 rings (SSSR count). The lowest BCUT2D eigenvalue weighted by Crippen LogP contribution is -2.21. The molecule has 0 N–H and O–H groups in total. The van der Waals surface area contributed by atoms with E-state index in [-0.39, 0.29) is 12.6 Å². The van der Waals surface area contributed by atoms with E-state index in [9.17, 15) is 4.79 Å². The first-order valence-corrected chi connectivity index (χ1v) is 7.38. The van der Waals surface area contributed by atoms with Crippen LogP contribution in [0.2, 0.25) is 0 Å². The summed E-state index contributed by atoms with van der Waals surface area (Å²) in [5.41, 5.74) is 0.811. The Bertz CT molecular complexity index is 505. The topological polar surface area (TPSA) is 51.5 Å². The van der Waals surface area contributed by atoms with Gasteiger partial charge in [0.1, 0.15) is 15.4 Å². The summed E-state index contributed by atoms with van der Waals surface area (Å²) in [6, 6.07) is 5.31. The third-order valence-corrected chi connectivity index (χ3v) is 3.87. The third kappa shape index (κ3) is 3.32. The van der Waals surface area contributed by atoms with Crippen molar-refractivity contribution in [3.8, 4) is 0 Å². The Morgan fingerprint density at radius 2 is 2.50 bits per heavy atom. The number of carbonyl (C=O) groups is 1. The average molecular weight is 374 g/mol. The van der Waals surface area contributed by atoms with E-state index < -0.39 is 6.04 Å². The molecule has 4 nitrogen and oxygen atoms in total. The summed E-state index contributed by atoms with van der Waals surface area (Å²) in [5, 5.41) is 0.800. The quantitative estimate of drug-likeness (QED) is 0.351. The van der Waals surface area contributed by atoms with Crippen molar-refractivity contribution in [3.63, 3.8) is 0 Å². The third-order valence-electron chi connectivity index (χ3n) is 2.20. The molecule has 0 saturated heterocycles. The highest BCUT2D eigenvalue weighted by Crippen LogP contribution is 2.23. The van der Waals surface area contributed by atoms with Crippen molar-refractivity contribution in [2.24, 2.45) is 4.99 Å². The van der Waals surface area contributed by atoms with Gasteiger partial charge in [-0.2, -0.15) is 0 Å². The number of aromatic nitrogens is 1. The molecule has 0 unspecified atom stereocenters. The van der Waals surface area contributed by atoms with Gasteiger partial charge in [-0.15, -0.1) is 11.8 Å². The highest BCUT2D eigenvalue weighted by atomic mass is 127. The summed E-state index contributed by atoms with van der Waals surface area (Å²) in [4.78, 5) is 20.4. The molecule has 1 aliphatic heterocycles. The van der Waals surface area contributed by atoms with E-state index in [1.54, 1.807) is 6.08 Å². The van der Waals surface area contributed by atoms with Crippen LogP contribution in [0.1, 0.15) is 5.69 Å². The van der Waals surface area contributed by atoms with Crippen LogP contribution >= 0.6 is 34.4 Å². The lowest BCUT2D eigenvalue weighted by atomic mass is 10.3. The summed E-state index contributed by atoms with van der Waals surface area (Å²) in [5.74, 6) is 0.307. The van der Waals surface area contributed by atoms with Gasteiger partial charge in [0, 0.05) is 5.75 Å². The van der Waals surface area contributed by atoms with E-state index in [1.807, 2.05) is 18.2 Å². The standard InChI is InChI=1S/C12H11IN2O2S/c1-2-6-17-12(16)9-7-18-11(15-9)8-4-3-5-10(13)14-8/h2-5,9H,1,6-7H2/t9-/m0/s1. The molecular weight excluding hydrogens is 363 g/mol. The maximum Gasteiger partial charge on any atom is 0.332 e. The van der Waals surface area contributed by atoms with Gasteiger partial charge in [0.15, 0.2) is 6.04 Å². The molecule has 2 heterocycles. The molecule has 18 heavy (non-hydrogen) atoms. The molecule has 6 heteroatoms. The largest absolute Gasteiger partial charge is 0.460 e. The zero-order valence-electron chi connectivity index (χ0n) is 9.51. The molecule has 0 amide bonds. The second kappa shape index (κ2) is 6.33.